The molecule has 0 atom stereocenters. The molecule has 6 heteroatoms. The molecule has 0 saturated heterocycles. The van der Waals surface area contributed by atoms with Crippen molar-refractivity contribution in [2.24, 2.45) is 10.2 Å². The smallest absolute Gasteiger partial charge is 0.161 e. The van der Waals surface area contributed by atoms with E-state index in [0.29, 0.717) is 28.0 Å². The van der Waals surface area contributed by atoms with Crippen molar-refractivity contribution >= 4 is 40.7 Å². The molecule has 4 nitrogen and oxygen atoms in total. The van der Waals surface area contributed by atoms with Crippen molar-refractivity contribution in [1.82, 2.24) is 0 Å². The molecule has 0 radical (unpaired) electrons. The molecule has 0 aliphatic carbocycles. The van der Waals surface area contributed by atoms with E-state index in [1.165, 1.54) is 0 Å². The summed E-state index contributed by atoms with van der Waals surface area (Å²) in [4.78, 5) is 0. The Balaban J connectivity index is 2.04. The Morgan fingerprint density at radius 1 is 0.923 bits per heavy atom. The highest BCUT2D eigenvalue weighted by atomic mass is 35.5. The highest BCUT2D eigenvalue weighted by molar-refractivity contribution is 6.42. The first kappa shape index (κ1) is 18.5. The normalized spacial score (nSPS) is 13.7. The minimum absolute atomic E-state index is 0.511. The lowest BCUT2D eigenvalue weighted by Crippen LogP contribution is -2.05. The van der Waals surface area contributed by atoms with Crippen LogP contribution in [0.2, 0.25) is 10.0 Å². The van der Waals surface area contributed by atoms with E-state index < -0.39 is 0 Å². The summed E-state index contributed by atoms with van der Waals surface area (Å²) in [5.74, 6) is 1.34. The van der Waals surface area contributed by atoms with E-state index in [9.17, 15) is 0 Å². The van der Waals surface area contributed by atoms with E-state index >= 15 is 0 Å². The zero-order valence-electron chi connectivity index (χ0n) is 14.7. The van der Waals surface area contributed by atoms with Crippen LogP contribution in [-0.4, -0.2) is 25.6 Å². The molecule has 0 saturated carbocycles. The molecule has 0 aromatic heterocycles. The number of rotatable bonds is 4. The topological polar surface area (TPSA) is 43.2 Å². The first-order valence-corrected chi connectivity index (χ1v) is 8.77. The minimum Gasteiger partial charge on any atom is -0.493 e. The van der Waals surface area contributed by atoms with Crippen LogP contribution in [0.5, 0.6) is 11.5 Å². The summed E-state index contributed by atoms with van der Waals surface area (Å²) >= 11 is 12.1. The van der Waals surface area contributed by atoms with Crippen LogP contribution in [0.4, 0.5) is 0 Å². The van der Waals surface area contributed by atoms with Crippen LogP contribution < -0.4 is 9.47 Å². The molecule has 134 valence electrons. The first-order valence-electron chi connectivity index (χ1n) is 8.01. The van der Waals surface area contributed by atoms with E-state index in [0.717, 1.165) is 28.1 Å². The van der Waals surface area contributed by atoms with Gasteiger partial charge in [0.2, 0.25) is 0 Å². The SMILES string of the molecule is COc1cc2c(cc1OC)C(C=Cc1ccc(Cl)c(Cl)c1)=NN=C(C)C2. The molecule has 0 unspecified atom stereocenters. The molecular weight excluding hydrogens is 371 g/mol. The molecule has 0 bridgehead atoms. The average Bonchev–Trinajstić information content (AvgIpc) is 2.79. The number of allylic oxidation sites excluding steroid dienone is 1. The molecule has 26 heavy (non-hydrogen) atoms. The lowest BCUT2D eigenvalue weighted by molar-refractivity contribution is 0.354. The Labute approximate surface area is 162 Å². The van der Waals surface area contributed by atoms with Crippen LogP contribution in [0.1, 0.15) is 23.6 Å². The quantitative estimate of drug-likeness (QED) is 0.698. The highest BCUT2D eigenvalue weighted by Crippen LogP contribution is 2.32. The van der Waals surface area contributed by atoms with E-state index in [1.807, 2.05) is 43.3 Å². The van der Waals surface area contributed by atoms with Crippen LogP contribution in [0.15, 0.2) is 46.6 Å². The molecule has 1 heterocycles. The van der Waals surface area contributed by atoms with E-state index in [4.69, 9.17) is 32.7 Å². The van der Waals surface area contributed by atoms with Crippen molar-refractivity contribution < 1.29 is 9.47 Å². The maximum atomic E-state index is 6.09. The molecule has 0 amide bonds. The van der Waals surface area contributed by atoms with E-state index in [-0.39, 0.29) is 0 Å². The fourth-order valence-corrected chi connectivity index (χ4v) is 3.03. The second-order valence-electron chi connectivity index (χ2n) is 5.87. The first-order chi connectivity index (χ1) is 12.5. The highest BCUT2D eigenvalue weighted by Gasteiger charge is 2.17. The van der Waals surface area contributed by atoms with Gasteiger partial charge < -0.3 is 9.47 Å². The molecular formula is C20H18Cl2N2O2. The average molecular weight is 389 g/mol. The molecule has 1 aliphatic heterocycles. The second kappa shape index (κ2) is 7.94. The van der Waals surface area contributed by atoms with Gasteiger partial charge in [0.05, 0.1) is 30.0 Å². The number of halogens is 2. The maximum absolute atomic E-state index is 6.09. The van der Waals surface area contributed by atoms with Gasteiger partial charge in [-0.1, -0.05) is 35.3 Å². The molecule has 2 aromatic rings. The number of benzene rings is 2. The molecule has 3 rings (SSSR count). The number of nitrogens with zero attached hydrogens (tertiary/aromatic N) is 2. The lowest BCUT2D eigenvalue weighted by atomic mass is 9.97. The monoisotopic (exact) mass is 388 g/mol. The van der Waals surface area contributed by atoms with Gasteiger partial charge in [0.15, 0.2) is 11.5 Å². The van der Waals surface area contributed by atoms with Gasteiger partial charge in [-0.05, 0) is 48.4 Å². The van der Waals surface area contributed by atoms with Gasteiger partial charge in [0.1, 0.15) is 0 Å². The Morgan fingerprint density at radius 3 is 2.35 bits per heavy atom. The van der Waals surface area contributed by atoms with Gasteiger partial charge in [-0.25, -0.2) is 0 Å². The number of ether oxygens (including phenoxy) is 2. The fourth-order valence-electron chi connectivity index (χ4n) is 2.72. The van der Waals surface area contributed by atoms with E-state index in [2.05, 4.69) is 10.2 Å². The van der Waals surface area contributed by atoms with Crippen molar-refractivity contribution in [3.8, 4) is 11.5 Å². The number of methoxy groups -OCH3 is 2. The Hall–Kier alpha value is -2.30. The summed E-state index contributed by atoms with van der Waals surface area (Å²) in [7, 11) is 3.24. The van der Waals surface area contributed by atoms with Crippen molar-refractivity contribution in [2.75, 3.05) is 14.2 Å². The van der Waals surface area contributed by atoms with Crippen molar-refractivity contribution in [3.63, 3.8) is 0 Å². The largest absolute Gasteiger partial charge is 0.493 e. The molecule has 0 spiro atoms. The summed E-state index contributed by atoms with van der Waals surface area (Å²) < 4.78 is 10.9. The predicted octanol–water partition coefficient (Wildman–Crippen LogP) is 5.45. The van der Waals surface area contributed by atoms with Gasteiger partial charge in [0.25, 0.3) is 0 Å². The molecule has 0 N–H and O–H groups in total. The number of hydrogen-bond donors (Lipinski definition) is 0. The molecule has 1 aliphatic rings. The zero-order valence-corrected chi connectivity index (χ0v) is 16.2. The van der Waals surface area contributed by atoms with Gasteiger partial charge in [-0.3, -0.25) is 0 Å². The molecule has 0 fully saturated rings. The van der Waals surface area contributed by atoms with Gasteiger partial charge >= 0.3 is 0 Å². The van der Waals surface area contributed by atoms with Gasteiger partial charge in [-0.2, -0.15) is 10.2 Å². The zero-order chi connectivity index (χ0) is 18.7. The Bertz CT molecular complexity index is 934. The van der Waals surface area contributed by atoms with Crippen molar-refractivity contribution in [1.29, 1.82) is 0 Å². The van der Waals surface area contributed by atoms with Crippen LogP contribution in [0, 0.1) is 0 Å². The van der Waals surface area contributed by atoms with Gasteiger partial charge in [-0.15, -0.1) is 0 Å². The Morgan fingerprint density at radius 2 is 1.65 bits per heavy atom. The fraction of sp³-hybridized carbons (Fsp3) is 0.200. The summed E-state index contributed by atoms with van der Waals surface area (Å²) in [5, 5.41) is 9.73. The van der Waals surface area contributed by atoms with Gasteiger partial charge in [0, 0.05) is 17.7 Å². The minimum atomic E-state index is 0.511. The lowest BCUT2D eigenvalue weighted by Gasteiger charge is -2.13. The predicted molar refractivity (Wildman–Crippen MR) is 108 cm³/mol. The van der Waals surface area contributed by atoms with Crippen LogP contribution in [0.3, 0.4) is 0 Å². The summed E-state index contributed by atoms with van der Waals surface area (Å²) in [6.07, 6.45) is 4.54. The standard InChI is InChI=1S/C20H18Cl2N2O2/c1-12-8-14-10-19(25-2)20(26-3)11-15(14)18(24-23-12)7-5-13-4-6-16(21)17(22)9-13/h4-7,9-11H,8H2,1-3H3. The third kappa shape index (κ3) is 3.92. The number of hydrogen-bond acceptors (Lipinski definition) is 4. The van der Waals surface area contributed by atoms with Crippen LogP contribution >= 0.6 is 23.2 Å². The van der Waals surface area contributed by atoms with E-state index in [1.54, 1.807) is 20.3 Å². The third-order valence-electron chi connectivity index (χ3n) is 4.04. The summed E-state index contributed by atoms with van der Waals surface area (Å²) in [6.45, 7) is 1.95. The van der Waals surface area contributed by atoms with Crippen LogP contribution in [-0.2, 0) is 6.42 Å². The summed E-state index contributed by atoms with van der Waals surface area (Å²) in [6, 6.07) is 9.37. The molecule has 2 aromatic carbocycles. The van der Waals surface area contributed by atoms with Crippen LogP contribution in [0.25, 0.3) is 6.08 Å². The maximum Gasteiger partial charge on any atom is 0.161 e. The Kier molecular flexibility index (Phi) is 5.64. The van der Waals surface area contributed by atoms with Crippen molar-refractivity contribution in [2.45, 2.75) is 13.3 Å². The number of fused-ring (bicyclic) bond motifs is 1. The summed E-state index contributed by atoms with van der Waals surface area (Å²) in [5.41, 5.74) is 4.63. The second-order valence-corrected chi connectivity index (χ2v) is 6.68. The third-order valence-corrected chi connectivity index (χ3v) is 4.78. The van der Waals surface area contributed by atoms with Crippen molar-refractivity contribution in [3.05, 3.63) is 63.1 Å².